The highest BCUT2D eigenvalue weighted by Gasteiger charge is 2.37. The number of piperidine rings is 1. The smallest absolute Gasteiger partial charge is 0.338 e. The molecular weight excluding hydrogens is 309 g/mol. The molecule has 8 heteroatoms. The van der Waals surface area contributed by atoms with E-state index < -0.39 is 12.0 Å². The maximum Gasteiger partial charge on any atom is 0.455 e. The molecule has 3 heterocycles. The first kappa shape index (κ1) is 16.7. The van der Waals surface area contributed by atoms with Crippen molar-refractivity contribution in [3.8, 4) is 0 Å². The van der Waals surface area contributed by atoms with Crippen molar-refractivity contribution in [1.82, 2.24) is 19.9 Å². The summed E-state index contributed by atoms with van der Waals surface area (Å²) in [5, 5.41) is 3.00. The van der Waals surface area contributed by atoms with Gasteiger partial charge in [-0.25, -0.2) is 0 Å². The molecule has 0 bridgehead atoms. The lowest BCUT2D eigenvalue weighted by atomic mass is 9.89. The zero-order valence-electron chi connectivity index (χ0n) is 13.3. The van der Waals surface area contributed by atoms with E-state index in [4.69, 9.17) is 4.52 Å². The van der Waals surface area contributed by atoms with Crippen LogP contribution in [0.15, 0.2) is 4.52 Å². The Balaban J connectivity index is 1.48. The first-order valence-corrected chi connectivity index (χ1v) is 8.29. The van der Waals surface area contributed by atoms with Gasteiger partial charge in [0.2, 0.25) is 5.89 Å². The first-order valence-electron chi connectivity index (χ1n) is 8.29. The highest BCUT2D eigenvalue weighted by molar-refractivity contribution is 4.92. The standard InChI is InChI=1S/C15H23F3N4O/c1-11(22-6-2-3-7-22)12-4-8-21(9-5-12)10-13-19-14(20-23-13)15(16,17)18/h11-12H,2-10H2,1H3. The van der Waals surface area contributed by atoms with Crippen LogP contribution < -0.4 is 0 Å². The summed E-state index contributed by atoms with van der Waals surface area (Å²) in [5.41, 5.74) is 0. The number of alkyl halides is 3. The summed E-state index contributed by atoms with van der Waals surface area (Å²) in [6.45, 7) is 6.74. The van der Waals surface area contributed by atoms with Crippen LogP contribution in [-0.4, -0.2) is 52.2 Å². The maximum absolute atomic E-state index is 12.5. The summed E-state index contributed by atoms with van der Waals surface area (Å²) in [4.78, 5) is 8.10. The van der Waals surface area contributed by atoms with E-state index in [0.717, 1.165) is 25.9 Å². The van der Waals surface area contributed by atoms with Crippen molar-refractivity contribution in [2.24, 2.45) is 5.92 Å². The fourth-order valence-corrected chi connectivity index (χ4v) is 3.67. The van der Waals surface area contributed by atoms with Crippen molar-refractivity contribution in [3.63, 3.8) is 0 Å². The van der Waals surface area contributed by atoms with Crippen LogP contribution in [0.1, 0.15) is 44.3 Å². The zero-order valence-corrected chi connectivity index (χ0v) is 13.3. The van der Waals surface area contributed by atoms with Gasteiger partial charge in [0.05, 0.1) is 6.54 Å². The van der Waals surface area contributed by atoms with Crippen molar-refractivity contribution in [1.29, 1.82) is 0 Å². The van der Waals surface area contributed by atoms with Crippen LogP contribution in [0.2, 0.25) is 0 Å². The Labute approximate surface area is 133 Å². The maximum atomic E-state index is 12.5. The van der Waals surface area contributed by atoms with Gasteiger partial charge in [0.1, 0.15) is 0 Å². The molecule has 1 aromatic rings. The highest BCUT2D eigenvalue weighted by Crippen LogP contribution is 2.28. The van der Waals surface area contributed by atoms with Crippen LogP contribution in [0, 0.1) is 5.92 Å². The highest BCUT2D eigenvalue weighted by atomic mass is 19.4. The molecule has 0 aromatic carbocycles. The molecule has 2 aliphatic rings. The van der Waals surface area contributed by atoms with Crippen molar-refractivity contribution < 1.29 is 17.7 Å². The molecule has 2 saturated heterocycles. The second-order valence-electron chi connectivity index (χ2n) is 6.61. The van der Waals surface area contributed by atoms with Gasteiger partial charge in [-0.2, -0.15) is 18.2 Å². The molecule has 2 fully saturated rings. The van der Waals surface area contributed by atoms with Crippen LogP contribution in [0.3, 0.4) is 0 Å². The molecule has 0 radical (unpaired) electrons. The van der Waals surface area contributed by atoms with Crippen molar-refractivity contribution in [3.05, 3.63) is 11.7 Å². The Morgan fingerprint density at radius 2 is 1.83 bits per heavy atom. The normalized spacial score (nSPS) is 23.5. The molecule has 0 spiro atoms. The van der Waals surface area contributed by atoms with Crippen molar-refractivity contribution in [2.45, 2.75) is 51.4 Å². The van der Waals surface area contributed by atoms with Gasteiger partial charge in [0.25, 0.3) is 5.82 Å². The number of halogens is 3. The minimum absolute atomic E-state index is 0.0448. The molecular formula is C15H23F3N4O. The van der Waals surface area contributed by atoms with Crippen LogP contribution >= 0.6 is 0 Å². The van der Waals surface area contributed by atoms with E-state index in [-0.39, 0.29) is 5.89 Å². The lowest BCUT2D eigenvalue weighted by Gasteiger charge is -2.37. The van der Waals surface area contributed by atoms with Gasteiger partial charge >= 0.3 is 6.18 Å². The number of hydrogen-bond acceptors (Lipinski definition) is 5. The molecule has 130 valence electrons. The molecule has 0 amide bonds. The number of aromatic nitrogens is 2. The number of nitrogens with zero attached hydrogens (tertiary/aromatic N) is 4. The number of hydrogen-bond donors (Lipinski definition) is 0. The Morgan fingerprint density at radius 1 is 1.17 bits per heavy atom. The summed E-state index contributed by atoms with van der Waals surface area (Å²) >= 11 is 0. The molecule has 0 N–H and O–H groups in total. The lowest BCUT2D eigenvalue weighted by molar-refractivity contribution is -0.146. The topological polar surface area (TPSA) is 45.4 Å². The van der Waals surface area contributed by atoms with Crippen molar-refractivity contribution >= 4 is 0 Å². The summed E-state index contributed by atoms with van der Waals surface area (Å²) < 4.78 is 42.1. The van der Waals surface area contributed by atoms with Crippen LogP contribution in [0.5, 0.6) is 0 Å². The van der Waals surface area contributed by atoms with Gasteiger partial charge in [-0.15, -0.1) is 0 Å². The van der Waals surface area contributed by atoms with Gasteiger partial charge in [0.15, 0.2) is 0 Å². The number of likely N-dealkylation sites (tertiary alicyclic amines) is 2. The van der Waals surface area contributed by atoms with Gasteiger partial charge in [0, 0.05) is 6.04 Å². The van der Waals surface area contributed by atoms with E-state index in [9.17, 15) is 13.2 Å². The van der Waals surface area contributed by atoms with Crippen LogP contribution in [0.25, 0.3) is 0 Å². The molecule has 0 aliphatic carbocycles. The van der Waals surface area contributed by atoms with E-state index in [1.165, 1.54) is 25.9 Å². The molecule has 2 aliphatic heterocycles. The van der Waals surface area contributed by atoms with E-state index in [1.807, 2.05) is 0 Å². The Morgan fingerprint density at radius 3 is 2.39 bits per heavy atom. The van der Waals surface area contributed by atoms with Crippen molar-refractivity contribution in [2.75, 3.05) is 26.2 Å². The summed E-state index contributed by atoms with van der Waals surface area (Å²) in [6.07, 6.45) is 0.180. The van der Waals surface area contributed by atoms with E-state index in [2.05, 4.69) is 26.9 Å². The largest absolute Gasteiger partial charge is 0.455 e. The lowest BCUT2D eigenvalue weighted by Crippen LogP contribution is -2.42. The first-order chi connectivity index (χ1) is 10.9. The minimum atomic E-state index is -4.54. The summed E-state index contributed by atoms with van der Waals surface area (Å²) in [5.74, 6) is -0.480. The Bertz CT molecular complexity index is 505. The molecule has 1 unspecified atom stereocenters. The Hall–Kier alpha value is -1.15. The minimum Gasteiger partial charge on any atom is -0.338 e. The zero-order chi connectivity index (χ0) is 16.4. The molecule has 1 atom stereocenters. The average Bonchev–Trinajstić information content (AvgIpc) is 3.18. The predicted molar refractivity (Wildman–Crippen MR) is 77.6 cm³/mol. The molecule has 23 heavy (non-hydrogen) atoms. The second kappa shape index (κ2) is 6.76. The van der Waals surface area contributed by atoms with Gasteiger partial charge in [-0.3, -0.25) is 4.90 Å². The third kappa shape index (κ3) is 4.03. The van der Waals surface area contributed by atoms with E-state index >= 15 is 0 Å². The quantitative estimate of drug-likeness (QED) is 0.848. The predicted octanol–water partition coefficient (Wildman–Crippen LogP) is 2.78. The Kier molecular flexibility index (Phi) is 4.91. The van der Waals surface area contributed by atoms with Gasteiger partial charge < -0.3 is 9.42 Å². The molecule has 5 nitrogen and oxygen atoms in total. The molecule has 1 aromatic heterocycles. The summed E-state index contributed by atoms with van der Waals surface area (Å²) in [7, 11) is 0. The second-order valence-corrected chi connectivity index (χ2v) is 6.61. The fourth-order valence-electron chi connectivity index (χ4n) is 3.67. The summed E-state index contributed by atoms with van der Waals surface area (Å²) in [6, 6.07) is 0.597. The third-order valence-corrected chi connectivity index (χ3v) is 5.11. The van der Waals surface area contributed by atoms with Gasteiger partial charge in [-0.05, 0) is 64.7 Å². The molecule has 3 rings (SSSR count). The van der Waals surface area contributed by atoms with E-state index in [1.54, 1.807) is 0 Å². The fraction of sp³-hybridized carbons (Fsp3) is 0.867. The monoisotopic (exact) mass is 332 g/mol. The number of rotatable bonds is 4. The van der Waals surface area contributed by atoms with Crippen LogP contribution in [-0.2, 0) is 12.7 Å². The third-order valence-electron chi connectivity index (χ3n) is 5.11. The van der Waals surface area contributed by atoms with Crippen LogP contribution in [0.4, 0.5) is 13.2 Å². The average molecular weight is 332 g/mol. The molecule has 0 saturated carbocycles. The van der Waals surface area contributed by atoms with E-state index in [0.29, 0.717) is 18.5 Å². The SMILES string of the molecule is CC(C1CCN(Cc2nc(C(F)(F)F)no2)CC1)N1CCCC1. The van der Waals surface area contributed by atoms with Gasteiger partial charge in [-0.1, -0.05) is 5.16 Å².